The molecular weight excluding hydrogens is 358 g/mol. The van der Waals surface area contributed by atoms with Crippen molar-refractivity contribution < 1.29 is 4.79 Å². The molecule has 0 aliphatic heterocycles. The van der Waals surface area contributed by atoms with Gasteiger partial charge in [0.2, 0.25) is 0 Å². The fraction of sp³-hybridized carbons (Fsp3) is 0.0800. The lowest BCUT2D eigenvalue weighted by atomic mass is 10.00. The van der Waals surface area contributed by atoms with Crippen LogP contribution in [-0.2, 0) is 0 Å². The summed E-state index contributed by atoms with van der Waals surface area (Å²) in [7, 11) is 0. The van der Waals surface area contributed by atoms with E-state index in [9.17, 15) is 4.79 Å². The molecule has 0 saturated heterocycles. The summed E-state index contributed by atoms with van der Waals surface area (Å²) in [6, 6.07) is 21.1. The molecule has 0 radical (unpaired) electrons. The summed E-state index contributed by atoms with van der Waals surface area (Å²) in [6.07, 6.45) is 8.77. The average molecular weight is 377 g/mol. The molecule has 0 aliphatic rings. The predicted molar refractivity (Wildman–Crippen MR) is 115 cm³/mol. The van der Waals surface area contributed by atoms with E-state index in [4.69, 9.17) is 6.42 Å². The van der Waals surface area contributed by atoms with Gasteiger partial charge in [-0.3, -0.25) is 14.8 Å². The molecule has 0 aliphatic carbocycles. The van der Waals surface area contributed by atoms with Gasteiger partial charge >= 0.3 is 0 Å². The van der Waals surface area contributed by atoms with Crippen LogP contribution in [0.4, 0.5) is 0 Å². The molecule has 140 valence electrons. The van der Waals surface area contributed by atoms with Crippen LogP contribution in [0.15, 0.2) is 79.1 Å². The normalized spacial score (nSPS) is 11.6. The number of benzene rings is 2. The Morgan fingerprint density at radius 3 is 2.59 bits per heavy atom. The number of nitrogens with one attached hydrogen (secondary N) is 1. The third-order valence-electron chi connectivity index (χ3n) is 4.81. The number of hydrogen-bond acceptors (Lipinski definition) is 3. The fourth-order valence-electron chi connectivity index (χ4n) is 3.25. The third kappa shape index (κ3) is 3.85. The van der Waals surface area contributed by atoms with Crippen molar-refractivity contribution in [2.24, 2.45) is 0 Å². The van der Waals surface area contributed by atoms with Crippen LogP contribution in [0.3, 0.4) is 0 Å². The van der Waals surface area contributed by atoms with Crippen molar-refractivity contribution >= 4 is 16.8 Å². The molecule has 0 spiro atoms. The van der Waals surface area contributed by atoms with Crippen molar-refractivity contribution in [3.63, 3.8) is 0 Å². The van der Waals surface area contributed by atoms with Gasteiger partial charge in [0, 0.05) is 28.9 Å². The van der Waals surface area contributed by atoms with E-state index in [2.05, 4.69) is 21.2 Å². The lowest BCUT2D eigenvalue weighted by Gasteiger charge is -2.14. The minimum atomic E-state index is -0.194. The zero-order valence-electron chi connectivity index (χ0n) is 16.0. The Morgan fingerprint density at radius 2 is 1.86 bits per heavy atom. The Kier molecular flexibility index (Phi) is 5.05. The van der Waals surface area contributed by atoms with E-state index in [0.29, 0.717) is 5.56 Å². The van der Waals surface area contributed by atoms with E-state index in [1.165, 1.54) is 0 Å². The van der Waals surface area contributed by atoms with E-state index in [0.717, 1.165) is 33.3 Å². The highest BCUT2D eigenvalue weighted by Gasteiger charge is 2.14. The second-order valence-corrected chi connectivity index (χ2v) is 6.77. The first kappa shape index (κ1) is 18.4. The predicted octanol–water partition coefficient (Wildman–Crippen LogP) is 4.77. The van der Waals surface area contributed by atoms with Gasteiger partial charge in [0.15, 0.2) is 0 Å². The van der Waals surface area contributed by atoms with Crippen LogP contribution in [-0.4, -0.2) is 15.9 Å². The molecule has 0 fully saturated rings. The summed E-state index contributed by atoms with van der Waals surface area (Å²) in [5.74, 6) is 2.45. The number of amides is 1. The molecule has 2 aromatic heterocycles. The first-order chi connectivity index (χ1) is 14.2. The number of aromatic nitrogens is 2. The minimum Gasteiger partial charge on any atom is -0.344 e. The van der Waals surface area contributed by atoms with Crippen LogP contribution in [0.1, 0.15) is 34.6 Å². The van der Waals surface area contributed by atoms with E-state index in [1.54, 1.807) is 12.4 Å². The van der Waals surface area contributed by atoms with Crippen LogP contribution in [0.25, 0.3) is 22.0 Å². The van der Waals surface area contributed by atoms with Crippen LogP contribution in [0.5, 0.6) is 0 Å². The number of fused-ring (bicyclic) bond motifs is 1. The van der Waals surface area contributed by atoms with Gasteiger partial charge in [0.1, 0.15) is 0 Å². The van der Waals surface area contributed by atoms with Gasteiger partial charge in [-0.05, 0) is 42.8 Å². The molecule has 2 aromatic carbocycles. The van der Waals surface area contributed by atoms with Crippen LogP contribution < -0.4 is 5.32 Å². The smallest absolute Gasteiger partial charge is 0.253 e. The summed E-state index contributed by atoms with van der Waals surface area (Å²) >= 11 is 0. The molecule has 1 atom stereocenters. The average Bonchev–Trinajstić information content (AvgIpc) is 2.79. The molecule has 2 heterocycles. The second-order valence-electron chi connectivity index (χ2n) is 6.77. The first-order valence-corrected chi connectivity index (χ1v) is 9.33. The Labute approximate surface area is 169 Å². The maximum Gasteiger partial charge on any atom is 0.253 e. The molecule has 0 unspecified atom stereocenters. The summed E-state index contributed by atoms with van der Waals surface area (Å²) in [6.45, 7) is 1.91. The molecule has 0 bridgehead atoms. The van der Waals surface area contributed by atoms with E-state index in [-0.39, 0.29) is 11.9 Å². The number of rotatable bonds is 4. The summed E-state index contributed by atoms with van der Waals surface area (Å²) in [4.78, 5) is 21.6. The number of nitrogens with zero attached hydrogens (tertiary/aromatic N) is 2. The number of terminal acetylenes is 1. The molecule has 4 heteroatoms. The van der Waals surface area contributed by atoms with Gasteiger partial charge in [-0.2, -0.15) is 0 Å². The quantitative estimate of drug-likeness (QED) is 0.521. The van der Waals surface area contributed by atoms with Crippen molar-refractivity contribution in [2.75, 3.05) is 0 Å². The highest BCUT2D eigenvalue weighted by molar-refractivity contribution is 6.00. The Hall–Kier alpha value is -3.97. The Morgan fingerprint density at radius 1 is 1.03 bits per heavy atom. The highest BCUT2D eigenvalue weighted by atomic mass is 16.1. The third-order valence-corrected chi connectivity index (χ3v) is 4.81. The van der Waals surface area contributed by atoms with E-state index >= 15 is 0 Å². The minimum absolute atomic E-state index is 0.179. The zero-order chi connectivity index (χ0) is 20.2. The van der Waals surface area contributed by atoms with E-state index in [1.807, 2.05) is 73.7 Å². The van der Waals surface area contributed by atoms with Crippen LogP contribution >= 0.6 is 0 Å². The monoisotopic (exact) mass is 377 g/mol. The van der Waals surface area contributed by atoms with Gasteiger partial charge < -0.3 is 5.32 Å². The van der Waals surface area contributed by atoms with E-state index < -0.39 is 0 Å². The van der Waals surface area contributed by atoms with Crippen LogP contribution in [0, 0.1) is 12.3 Å². The standard InChI is InChI=1S/C25H19N3O/c1-3-18-10-12-19(13-11-18)22-8-6-7-20-15-21(16-27-24(20)22)25(29)28-17(2)23-9-4-5-14-26-23/h1,4-17H,2H3,(H,28,29)/t17-/m0/s1. The SMILES string of the molecule is C#Cc1ccc(-c2cccc3cc(C(=O)N[C@@H](C)c4ccccn4)cnc23)cc1. The number of pyridine rings is 2. The molecule has 1 amide bonds. The molecule has 0 saturated carbocycles. The number of para-hydroxylation sites is 1. The molecular formula is C25H19N3O. The molecule has 4 rings (SSSR count). The van der Waals surface area contributed by atoms with Crippen molar-refractivity contribution in [1.29, 1.82) is 0 Å². The summed E-state index contributed by atoms with van der Waals surface area (Å²) in [5, 5.41) is 3.88. The lowest BCUT2D eigenvalue weighted by molar-refractivity contribution is 0.0939. The van der Waals surface area contributed by atoms with Gasteiger partial charge in [-0.1, -0.05) is 42.3 Å². The molecule has 4 nitrogen and oxygen atoms in total. The van der Waals surface area contributed by atoms with Crippen molar-refractivity contribution in [2.45, 2.75) is 13.0 Å². The maximum atomic E-state index is 12.7. The van der Waals surface area contributed by atoms with Gasteiger partial charge in [0.05, 0.1) is 22.8 Å². The van der Waals surface area contributed by atoms with Crippen molar-refractivity contribution in [3.8, 4) is 23.5 Å². The lowest BCUT2D eigenvalue weighted by Crippen LogP contribution is -2.27. The fourth-order valence-corrected chi connectivity index (χ4v) is 3.25. The Bertz CT molecular complexity index is 1210. The molecule has 1 N–H and O–H groups in total. The topological polar surface area (TPSA) is 54.9 Å². The first-order valence-electron chi connectivity index (χ1n) is 9.33. The number of carbonyl (C=O) groups excluding carboxylic acids is 1. The summed E-state index contributed by atoms with van der Waals surface area (Å²) in [5.41, 5.74) is 5.04. The highest BCUT2D eigenvalue weighted by Crippen LogP contribution is 2.28. The Balaban J connectivity index is 1.63. The summed E-state index contributed by atoms with van der Waals surface area (Å²) < 4.78 is 0. The van der Waals surface area contributed by atoms with Crippen molar-refractivity contribution in [3.05, 3.63) is 95.9 Å². The number of hydrogen-bond donors (Lipinski definition) is 1. The second kappa shape index (κ2) is 7.95. The van der Waals surface area contributed by atoms with Gasteiger partial charge in [-0.15, -0.1) is 6.42 Å². The number of carbonyl (C=O) groups is 1. The van der Waals surface area contributed by atoms with Crippen molar-refractivity contribution in [1.82, 2.24) is 15.3 Å². The largest absolute Gasteiger partial charge is 0.344 e. The van der Waals surface area contributed by atoms with Crippen LogP contribution in [0.2, 0.25) is 0 Å². The molecule has 29 heavy (non-hydrogen) atoms. The van der Waals surface area contributed by atoms with Gasteiger partial charge in [0.25, 0.3) is 5.91 Å². The maximum absolute atomic E-state index is 12.7. The molecule has 4 aromatic rings. The zero-order valence-corrected chi connectivity index (χ0v) is 16.0. The van der Waals surface area contributed by atoms with Gasteiger partial charge in [-0.25, -0.2) is 0 Å².